The van der Waals surface area contributed by atoms with Crippen molar-refractivity contribution in [3.8, 4) is 0 Å². The maximum atomic E-state index is 12.2. The molecule has 0 spiro atoms. The zero-order valence-corrected chi connectivity index (χ0v) is 15.0. The molecule has 0 saturated heterocycles. The summed E-state index contributed by atoms with van der Waals surface area (Å²) in [5.41, 5.74) is 4.93. The molecule has 0 aromatic heterocycles. The Bertz CT molecular complexity index is 712. The molecule has 1 unspecified atom stereocenters. The highest BCUT2D eigenvalue weighted by Gasteiger charge is 2.19. The van der Waals surface area contributed by atoms with Crippen LogP contribution in [0.25, 0.3) is 0 Å². The van der Waals surface area contributed by atoms with Gasteiger partial charge in [-0.25, -0.2) is 0 Å². The van der Waals surface area contributed by atoms with Gasteiger partial charge in [-0.2, -0.15) is 0 Å². The van der Waals surface area contributed by atoms with Gasteiger partial charge in [0.2, 0.25) is 0 Å². The van der Waals surface area contributed by atoms with Gasteiger partial charge in [0.25, 0.3) is 5.91 Å². The van der Waals surface area contributed by atoms with E-state index in [9.17, 15) is 4.79 Å². The number of benzene rings is 2. The van der Waals surface area contributed by atoms with Crippen LogP contribution in [0.3, 0.4) is 0 Å². The van der Waals surface area contributed by atoms with Gasteiger partial charge in [-0.1, -0.05) is 36.4 Å². The van der Waals surface area contributed by atoms with Crippen LogP contribution in [0.4, 0.5) is 0 Å². The summed E-state index contributed by atoms with van der Waals surface area (Å²) in [6, 6.07) is 16.7. The van der Waals surface area contributed by atoms with Crippen molar-refractivity contribution in [3.05, 3.63) is 70.8 Å². The molecule has 0 aliphatic carbocycles. The van der Waals surface area contributed by atoms with Gasteiger partial charge in [-0.15, -0.1) is 0 Å². The van der Waals surface area contributed by atoms with E-state index in [0.717, 1.165) is 26.1 Å². The van der Waals surface area contributed by atoms with Crippen LogP contribution >= 0.6 is 0 Å². The van der Waals surface area contributed by atoms with Gasteiger partial charge < -0.3 is 15.0 Å². The minimum Gasteiger partial charge on any atom is -0.383 e. The Morgan fingerprint density at radius 2 is 1.88 bits per heavy atom. The van der Waals surface area contributed by atoms with E-state index < -0.39 is 0 Å². The smallest absolute Gasteiger partial charge is 0.251 e. The lowest BCUT2D eigenvalue weighted by Crippen LogP contribution is -3.10. The largest absolute Gasteiger partial charge is 0.383 e. The van der Waals surface area contributed by atoms with Crippen LogP contribution in [0.15, 0.2) is 48.5 Å². The summed E-state index contributed by atoms with van der Waals surface area (Å²) in [6.07, 6.45) is 1.14. The maximum absolute atomic E-state index is 12.2. The van der Waals surface area contributed by atoms with Gasteiger partial charge in [0.05, 0.1) is 13.2 Å². The third-order valence-corrected chi connectivity index (χ3v) is 4.77. The van der Waals surface area contributed by atoms with Crippen molar-refractivity contribution in [2.45, 2.75) is 32.5 Å². The van der Waals surface area contributed by atoms with E-state index in [1.165, 1.54) is 16.7 Å². The lowest BCUT2D eigenvalue weighted by Gasteiger charge is -2.26. The van der Waals surface area contributed by atoms with E-state index in [1.807, 2.05) is 19.1 Å². The van der Waals surface area contributed by atoms with Crippen molar-refractivity contribution < 1.29 is 14.4 Å². The highest BCUT2D eigenvalue weighted by atomic mass is 16.5. The lowest BCUT2D eigenvalue weighted by molar-refractivity contribution is -0.929. The van der Waals surface area contributed by atoms with Gasteiger partial charge in [0.1, 0.15) is 13.1 Å². The topological polar surface area (TPSA) is 42.8 Å². The van der Waals surface area contributed by atoms with Crippen LogP contribution in [-0.4, -0.2) is 32.2 Å². The second-order valence-electron chi connectivity index (χ2n) is 6.90. The fraction of sp³-hybridized carbons (Fsp3) is 0.381. The number of fused-ring (bicyclic) bond motifs is 1. The first-order valence-electron chi connectivity index (χ1n) is 8.95. The van der Waals surface area contributed by atoms with E-state index in [2.05, 4.69) is 41.7 Å². The number of carbonyl (C=O) groups excluding carboxylic acids is 1. The molecule has 1 aliphatic heterocycles. The quantitative estimate of drug-likeness (QED) is 0.839. The summed E-state index contributed by atoms with van der Waals surface area (Å²) in [5.74, 6) is -0.0460. The molecule has 2 N–H and O–H groups in total. The Labute approximate surface area is 149 Å². The SMILES string of the molecule is COC[C@H](C)NC(=O)c1ccc(C[NH+]2CCc3ccccc3C2)cc1. The molecule has 0 saturated carbocycles. The molecule has 3 rings (SSSR count). The average Bonchev–Trinajstić information content (AvgIpc) is 2.62. The summed E-state index contributed by atoms with van der Waals surface area (Å²) in [4.78, 5) is 13.8. The summed E-state index contributed by atoms with van der Waals surface area (Å²) in [6.45, 7) is 5.69. The van der Waals surface area contributed by atoms with Gasteiger partial charge in [-0.3, -0.25) is 4.79 Å². The third-order valence-electron chi connectivity index (χ3n) is 4.77. The molecule has 1 heterocycles. The molecule has 0 radical (unpaired) electrons. The van der Waals surface area contributed by atoms with E-state index in [0.29, 0.717) is 12.2 Å². The molecule has 2 aromatic rings. The van der Waals surface area contributed by atoms with Crippen LogP contribution < -0.4 is 10.2 Å². The van der Waals surface area contributed by atoms with Crippen LogP contribution in [0, 0.1) is 0 Å². The third kappa shape index (κ3) is 4.68. The van der Waals surface area contributed by atoms with Gasteiger partial charge in [-0.05, 0) is 24.6 Å². The monoisotopic (exact) mass is 339 g/mol. The molecular weight excluding hydrogens is 312 g/mol. The number of amides is 1. The van der Waals surface area contributed by atoms with E-state index in [4.69, 9.17) is 4.74 Å². The molecule has 4 nitrogen and oxygen atoms in total. The predicted octanol–water partition coefficient (Wildman–Crippen LogP) is 1.59. The summed E-state index contributed by atoms with van der Waals surface area (Å²) in [7, 11) is 1.64. The number of methoxy groups -OCH3 is 1. The molecule has 4 heteroatoms. The van der Waals surface area contributed by atoms with Crippen molar-refractivity contribution >= 4 is 5.91 Å². The first-order chi connectivity index (χ1) is 12.2. The fourth-order valence-electron chi connectivity index (χ4n) is 3.46. The van der Waals surface area contributed by atoms with E-state index in [1.54, 1.807) is 12.0 Å². The van der Waals surface area contributed by atoms with Gasteiger partial charge in [0.15, 0.2) is 0 Å². The average molecular weight is 339 g/mol. The maximum Gasteiger partial charge on any atom is 0.251 e. The molecule has 1 aliphatic rings. The standard InChI is InChI=1S/C21H26N2O2/c1-16(15-25-2)22-21(24)19-9-7-17(8-10-19)13-23-12-11-18-5-3-4-6-20(18)14-23/h3-10,16H,11-15H2,1-2H3,(H,22,24)/p+1/t16-/m0/s1. The molecule has 2 aromatic carbocycles. The van der Waals surface area contributed by atoms with Crippen LogP contribution in [0.1, 0.15) is 34.0 Å². The molecular formula is C21H27N2O2+. The number of rotatable bonds is 6. The van der Waals surface area contributed by atoms with Crippen molar-refractivity contribution in [1.29, 1.82) is 0 Å². The minimum atomic E-state index is -0.0460. The Balaban J connectivity index is 1.57. The van der Waals surface area contributed by atoms with Crippen LogP contribution in [0.5, 0.6) is 0 Å². The number of hydrogen-bond donors (Lipinski definition) is 2. The molecule has 0 fully saturated rings. The lowest BCUT2D eigenvalue weighted by atomic mass is 9.99. The molecule has 1 amide bonds. The van der Waals surface area contributed by atoms with Crippen LogP contribution in [-0.2, 0) is 24.2 Å². The normalized spacial score (nSPS) is 17.6. The summed E-state index contributed by atoms with van der Waals surface area (Å²) in [5, 5.41) is 2.94. The zero-order valence-electron chi connectivity index (χ0n) is 15.0. The number of ether oxygens (including phenoxy) is 1. The summed E-state index contributed by atoms with van der Waals surface area (Å²) < 4.78 is 5.05. The Morgan fingerprint density at radius 3 is 2.60 bits per heavy atom. The van der Waals surface area contributed by atoms with Crippen LogP contribution in [0.2, 0.25) is 0 Å². The Hall–Kier alpha value is -2.17. The second-order valence-corrected chi connectivity index (χ2v) is 6.90. The number of quaternary nitrogens is 1. The number of carbonyl (C=O) groups is 1. The molecule has 0 bridgehead atoms. The van der Waals surface area contributed by atoms with E-state index in [-0.39, 0.29) is 11.9 Å². The summed E-state index contributed by atoms with van der Waals surface area (Å²) >= 11 is 0. The van der Waals surface area contributed by atoms with Gasteiger partial charge in [0, 0.05) is 36.3 Å². The van der Waals surface area contributed by atoms with Crippen molar-refractivity contribution in [3.63, 3.8) is 0 Å². The van der Waals surface area contributed by atoms with Crippen molar-refractivity contribution in [2.75, 3.05) is 20.3 Å². The first-order valence-corrected chi connectivity index (χ1v) is 8.95. The minimum absolute atomic E-state index is 0.00930. The second kappa shape index (κ2) is 8.28. The molecule has 132 valence electrons. The number of hydrogen-bond acceptors (Lipinski definition) is 2. The van der Waals surface area contributed by atoms with Crippen molar-refractivity contribution in [1.82, 2.24) is 5.32 Å². The Morgan fingerprint density at radius 1 is 1.16 bits per heavy atom. The molecule has 25 heavy (non-hydrogen) atoms. The van der Waals surface area contributed by atoms with Gasteiger partial charge >= 0.3 is 0 Å². The predicted molar refractivity (Wildman–Crippen MR) is 98.6 cm³/mol. The highest BCUT2D eigenvalue weighted by molar-refractivity contribution is 5.94. The first kappa shape index (κ1) is 17.6. The Kier molecular flexibility index (Phi) is 5.84. The number of nitrogens with one attached hydrogen (secondary N) is 2. The molecule has 2 atom stereocenters. The van der Waals surface area contributed by atoms with Crippen molar-refractivity contribution in [2.24, 2.45) is 0 Å². The van der Waals surface area contributed by atoms with E-state index >= 15 is 0 Å². The zero-order chi connectivity index (χ0) is 17.6. The highest BCUT2D eigenvalue weighted by Crippen LogP contribution is 2.11. The fourth-order valence-corrected chi connectivity index (χ4v) is 3.46.